The van der Waals surface area contributed by atoms with Gasteiger partial charge in [0.25, 0.3) is 5.91 Å². The van der Waals surface area contributed by atoms with E-state index in [1.165, 1.54) is 5.56 Å². The number of benzene rings is 3. The van der Waals surface area contributed by atoms with Gasteiger partial charge in [0.15, 0.2) is 4.34 Å². The molecule has 0 atom stereocenters. The molecule has 1 N–H and O–H groups in total. The Morgan fingerprint density at radius 1 is 1.07 bits per heavy atom. The molecule has 29 heavy (non-hydrogen) atoms. The predicted octanol–water partition coefficient (Wildman–Crippen LogP) is 8.02. The Kier molecular flexibility index (Phi) is 6.61. The van der Waals surface area contributed by atoms with Crippen LogP contribution in [-0.2, 0) is 5.75 Å². The third-order valence-corrected chi connectivity index (χ3v) is 7.79. The van der Waals surface area contributed by atoms with Crippen molar-refractivity contribution in [2.75, 3.05) is 5.32 Å². The van der Waals surface area contributed by atoms with Gasteiger partial charge in [-0.2, -0.15) is 0 Å². The van der Waals surface area contributed by atoms with Gasteiger partial charge < -0.3 is 5.32 Å². The molecule has 0 radical (unpaired) electrons. The number of anilines is 1. The Bertz CT molecular complexity index is 1200. The van der Waals surface area contributed by atoms with Crippen LogP contribution in [0, 0.1) is 0 Å². The molecule has 0 aliphatic carbocycles. The number of nitrogens with one attached hydrogen (secondary N) is 1. The number of rotatable bonds is 5. The molecular weight excluding hydrogens is 556 g/mol. The molecule has 0 bridgehead atoms. The summed E-state index contributed by atoms with van der Waals surface area (Å²) in [5.74, 6) is 0.661. The molecule has 1 amide bonds. The quantitative estimate of drug-likeness (QED) is 0.248. The number of hydrogen-bond donors (Lipinski definition) is 1. The maximum atomic E-state index is 12.4. The zero-order valence-corrected chi connectivity index (χ0v) is 20.3. The van der Waals surface area contributed by atoms with Crippen LogP contribution < -0.4 is 5.32 Å². The van der Waals surface area contributed by atoms with E-state index >= 15 is 0 Å². The highest BCUT2D eigenvalue weighted by Gasteiger charge is 2.10. The molecule has 0 saturated heterocycles. The standard InChI is InChI=1S/C21H13Br2ClN2OS2/c22-14-4-1-13(17(23)9-14)11-28-21-26-18-8-7-16(10-19(18)29-21)25-20(27)12-2-5-15(24)6-3-12/h1-10H,11H2,(H,25,27). The summed E-state index contributed by atoms with van der Waals surface area (Å²) in [4.78, 5) is 17.1. The summed E-state index contributed by atoms with van der Waals surface area (Å²) in [6.07, 6.45) is 0. The van der Waals surface area contributed by atoms with Gasteiger partial charge in [0, 0.05) is 31.0 Å². The summed E-state index contributed by atoms with van der Waals surface area (Å²) in [5.41, 5.74) is 3.45. The highest BCUT2D eigenvalue weighted by Crippen LogP contribution is 2.34. The van der Waals surface area contributed by atoms with Gasteiger partial charge in [-0.1, -0.05) is 61.3 Å². The number of amides is 1. The van der Waals surface area contributed by atoms with E-state index < -0.39 is 0 Å². The van der Waals surface area contributed by atoms with Gasteiger partial charge >= 0.3 is 0 Å². The van der Waals surface area contributed by atoms with Crippen molar-refractivity contribution in [2.24, 2.45) is 0 Å². The van der Waals surface area contributed by atoms with Crippen LogP contribution in [0.15, 0.2) is 73.9 Å². The minimum atomic E-state index is -0.166. The minimum absolute atomic E-state index is 0.166. The van der Waals surface area contributed by atoms with Crippen LogP contribution >= 0.6 is 66.6 Å². The van der Waals surface area contributed by atoms with Gasteiger partial charge in [-0.3, -0.25) is 4.79 Å². The zero-order chi connectivity index (χ0) is 20.4. The Morgan fingerprint density at radius 2 is 1.86 bits per heavy atom. The largest absolute Gasteiger partial charge is 0.322 e. The van der Waals surface area contributed by atoms with E-state index in [1.807, 2.05) is 30.3 Å². The highest BCUT2D eigenvalue weighted by molar-refractivity contribution is 9.11. The Hall–Kier alpha value is -1.38. The van der Waals surface area contributed by atoms with Crippen molar-refractivity contribution >= 4 is 88.4 Å². The summed E-state index contributed by atoms with van der Waals surface area (Å²) in [5, 5.41) is 3.53. The van der Waals surface area contributed by atoms with Gasteiger partial charge in [-0.15, -0.1) is 11.3 Å². The molecular formula is C21H13Br2ClN2OS2. The molecule has 1 heterocycles. The number of nitrogens with zero attached hydrogens (tertiary/aromatic N) is 1. The van der Waals surface area contributed by atoms with E-state index in [0.29, 0.717) is 10.6 Å². The summed E-state index contributed by atoms with van der Waals surface area (Å²) < 4.78 is 4.16. The molecule has 0 aliphatic heterocycles. The normalized spacial score (nSPS) is 11.0. The van der Waals surface area contributed by atoms with E-state index in [0.717, 1.165) is 34.9 Å². The lowest BCUT2D eigenvalue weighted by Gasteiger charge is -2.05. The molecule has 0 unspecified atom stereocenters. The van der Waals surface area contributed by atoms with Crippen molar-refractivity contribution in [3.8, 4) is 0 Å². The summed E-state index contributed by atoms with van der Waals surface area (Å²) in [6, 6.07) is 18.8. The van der Waals surface area contributed by atoms with Crippen molar-refractivity contribution < 1.29 is 4.79 Å². The molecule has 8 heteroatoms. The van der Waals surface area contributed by atoms with Crippen molar-refractivity contribution in [2.45, 2.75) is 10.1 Å². The first-order valence-corrected chi connectivity index (χ1v) is 12.3. The molecule has 3 aromatic carbocycles. The summed E-state index contributed by atoms with van der Waals surface area (Å²) >= 11 is 16.3. The van der Waals surface area contributed by atoms with E-state index in [2.05, 4.69) is 43.2 Å². The first kappa shape index (κ1) is 20.9. The van der Waals surface area contributed by atoms with Crippen LogP contribution in [0.3, 0.4) is 0 Å². The summed E-state index contributed by atoms with van der Waals surface area (Å²) in [6.45, 7) is 0. The maximum absolute atomic E-state index is 12.4. The topological polar surface area (TPSA) is 42.0 Å². The number of halogens is 3. The Morgan fingerprint density at radius 3 is 2.62 bits per heavy atom. The van der Waals surface area contributed by atoms with E-state index in [9.17, 15) is 4.79 Å². The van der Waals surface area contributed by atoms with Crippen LogP contribution in [0.1, 0.15) is 15.9 Å². The van der Waals surface area contributed by atoms with Crippen molar-refractivity contribution in [3.05, 3.63) is 85.8 Å². The van der Waals surface area contributed by atoms with Crippen molar-refractivity contribution in [1.82, 2.24) is 4.98 Å². The average Bonchev–Trinajstić information content (AvgIpc) is 3.10. The van der Waals surface area contributed by atoms with Crippen LogP contribution in [-0.4, -0.2) is 10.9 Å². The number of thioether (sulfide) groups is 1. The van der Waals surface area contributed by atoms with Crippen LogP contribution in [0.4, 0.5) is 5.69 Å². The smallest absolute Gasteiger partial charge is 0.255 e. The lowest BCUT2D eigenvalue weighted by molar-refractivity contribution is 0.102. The molecule has 0 aliphatic rings. The second kappa shape index (κ2) is 9.18. The van der Waals surface area contributed by atoms with Gasteiger partial charge in [-0.05, 0) is 60.2 Å². The molecule has 3 nitrogen and oxygen atoms in total. The van der Waals surface area contributed by atoms with Gasteiger partial charge in [0.1, 0.15) is 0 Å². The fourth-order valence-corrected chi connectivity index (χ4v) is 6.24. The Labute approximate surface area is 198 Å². The molecule has 1 aromatic heterocycles. The van der Waals surface area contributed by atoms with Gasteiger partial charge in [0.2, 0.25) is 0 Å². The fourth-order valence-electron chi connectivity index (χ4n) is 2.63. The second-order valence-corrected chi connectivity index (χ2v) is 10.6. The van der Waals surface area contributed by atoms with E-state index in [-0.39, 0.29) is 5.91 Å². The minimum Gasteiger partial charge on any atom is -0.322 e. The molecule has 0 fully saturated rings. The first-order chi connectivity index (χ1) is 14.0. The lowest BCUT2D eigenvalue weighted by atomic mass is 10.2. The lowest BCUT2D eigenvalue weighted by Crippen LogP contribution is -2.11. The number of carbonyl (C=O) groups is 1. The number of aromatic nitrogens is 1. The van der Waals surface area contributed by atoms with Crippen molar-refractivity contribution in [1.29, 1.82) is 0 Å². The molecule has 0 spiro atoms. The molecule has 4 aromatic rings. The molecule has 146 valence electrons. The first-order valence-electron chi connectivity index (χ1n) is 8.52. The van der Waals surface area contributed by atoms with Gasteiger partial charge in [-0.25, -0.2) is 4.98 Å². The van der Waals surface area contributed by atoms with Crippen LogP contribution in [0.25, 0.3) is 10.2 Å². The number of carbonyl (C=O) groups excluding carboxylic acids is 1. The number of hydrogen-bond acceptors (Lipinski definition) is 4. The van der Waals surface area contributed by atoms with E-state index in [1.54, 1.807) is 47.4 Å². The third-order valence-electron chi connectivity index (χ3n) is 4.10. The molecule has 4 rings (SSSR count). The predicted molar refractivity (Wildman–Crippen MR) is 130 cm³/mol. The second-order valence-electron chi connectivity index (χ2n) is 6.15. The SMILES string of the molecule is O=C(Nc1ccc2nc(SCc3ccc(Br)cc3Br)sc2c1)c1ccc(Cl)cc1. The maximum Gasteiger partial charge on any atom is 0.255 e. The highest BCUT2D eigenvalue weighted by atomic mass is 79.9. The molecule has 0 saturated carbocycles. The number of thiazole rings is 1. The fraction of sp³-hybridized carbons (Fsp3) is 0.0476. The monoisotopic (exact) mass is 566 g/mol. The number of fused-ring (bicyclic) bond motifs is 1. The van der Waals surface area contributed by atoms with Gasteiger partial charge in [0.05, 0.1) is 10.2 Å². The summed E-state index contributed by atoms with van der Waals surface area (Å²) in [7, 11) is 0. The third kappa shape index (κ3) is 5.22. The zero-order valence-electron chi connectivity index (χ0n) is 14.8. The Balaban J connectivity index is 1.47. The van der Waals surface area contributed by atoms with E-state index in [4.69, 9.17) is 16.6 Å². The average molecular weight is 569 g/mol. The van der Waals surface area contributed by atoms with Crippen LogP contribution in [0.2, 0.25) is 5.02 Å². The van der Waals surface area contributed by atoms with Crippen LogP contribution in [0.5, 0.6) is 0 Å². The van der Waals surface area contributed by atoms with Crippen molar-refractivity contribution in [3.63, 3.8) is 0 Å².